The molecule has 2 rings (SSSR count). The third-order valence-corrected chi connectivity index (χ3v) is 3.89. The van der Waals surface area contributed by atoms with Crippen molar-refractivity contribution in [2.24, 2.45) is 11.7 Å². The zero-order chi connectivity index (χ0) is 17.4. The Morgan fingerprint density at radius 2 is 1.56 bits per heavy atom. The molecule has 0 aliphatic heterocycles. The zero-order valence-electron chi connectivity index (χ0n) is 14.6. The fraction of sp³-hybridized carbons (Fsp3) is 0.350. The van der Waals surface area contributed by atoms with Gasteiger partial charge in [-0.2, -0.15) is 0 Å². The Labute approximate surface area is 155 Å². The van der Waals surface area contributed by atoms with Crippen LogP contribution in [-0.4, -0.2) is 24.7 Å². The molecule has 25 heavy (non-hydrogen) atoms. The van der Waals surface area contributed by atoms with Crippen molar-refractivity contribution in [3.63, 3.8) is 0 Å². The van der Waals surface area contributed by atoms with Crippen molar-refractivity contribution in [2.45, 2.75) is 32.4 Å². The number of para-hydroxylation sites is 1. The number of esters is 1. The predicted octanol–water partition coefficient (Wildman–Crippen LogP) is 3.63. The second kappa shape index (κ2) is 10.7. The summed E-state index contributed by atoms with van der Waals surface area (Å²) in [6.07, 6.45) is 0.480. The van der Waals surface area contributed by atoms with E-state index in [1.54, 1.807) is 6.92 Å². The van der Waals surface area contributed by atoms with Crippen molar-refractivity contribution in [1.82, 2.24) is 0 Å². The molecule has 2 aromatic rings. The maximum atomic E-state index is 11.8. The van der Waals surface area contributed by atoms with E-state index in [0.29, 0.717) is 6.61 Å². The van der Waals surface area contributed by atoms with Crippen LogP contribution >= 0.6 is 12.4 Å². The van der Waals surface area contributed by atoms with Gasteiger partial charge in [0.2, 0.25) is 0 Å². The first-order valence-electron chi connectivity index (χ1n) is 8.24. The van der Waals surface area contributed by atoms with E-state index in [2.05, 4.69) is 12.1 Å². The molecule has 0 spiro atoms. The highest BCUT2D eigenvalue weighted by atomic mass is 35.5. The number of hydrogen-bond donors (Lipinski definition) is 1. The topological polar surface area (TPSA) is 61.5 Å². The minimum atomic E-state index is -0.625. The van der Waals surface area contributed by atoms with Crippen LogP contribution in [0.4, 0.5) is 0 Å². The molecule has 2 N–H and O–H groups in total. The Bertz CT molecular complexity index is 619. The molecular formula is C20H26ClNO3. The van der Waals surface area contributed by atoms with Crippen LogP contribution in [0.25, 0.3) is 0 Å². The lowest BCUT2D eigenvalue weighted by atomic mass is 9.95. The monoisotopic (exact) mass is 363 g/mol. The van der Waals surface area contributed by atoms with Gasteiger partial charge in [-0.1, -0.05) is 48.5 Å². The van der Waals surface area contributed by atoms with E-state index in [4.69, 9.17) is 15.2 Å². The average molecular weight is 364 g/mol. The molecule has 136 valence electrons. The number of carbonyl (C=O) groups is 1. The largest absolute Gasteiger partial charge is 0.493 e. The van der Waals surface area contributed by atoms with Crippen LogP contribution in [0.15, 0.2) is 60.7 Å². The summed E-state index contributed by atoms with van der Waals surface area (Å²) in [4.78, 5) is 11.8. The second-order valence-corrected chi connectivity index (χ2v) is 6.00. The molecule has 0 aliphatic rings. The molecular weight excluding hydrogens is 338 g/mol. The third kappa shape index (κ3) is 7.16. The standard InChI is InChI=1S/C20H25NO3.ClH/c1-15(21)20(22)24-16(2)18(13-17-9-5-3-6-10-17)14-23-19-11-7-4-8-12-19;/h3-12,15-16,18H,13-14,21H2,1-2H3;1H/t15-,16?,18?;/m0./s1. The molecule has 3 atom stereocenters. The van der Waals surface area contributed by atoms with Crippen molar-refractivity contribution in [3.05, 3.63) is 66.2 Å². The minimum Gasteiger partial charge on any atom is -0.493 e. The van der Waals surface area contributed by atoms with Crippen LogP contribution in [0, 0.1) is 5.92 Å². The number of nitrogens with two attached hydrogens (primary N) is 1. The number of halogens is 1. The molecule has 0 saturated heterocycles. The van der Waals surface area contributed by atoms with Crippen LogP contribution in [0.1, 0.15) is 19.4 Å². The van der Waals surface area contributed by atoms with Crippen LogP contribution in [0.5, 0.6) is 5.75 Å². The van der Waals surface area contributed by atoms with E-state index >= 15 is 0 Å². The fourth-order valence-corrected chi connectivity index (χ4v) is 2.38. The van der Waals surface area contributed by atoms with E-state index < -0.39 is 6.04 Å². The molecule has 0 amide bonds. The Morgan fingerprint density at radius 3 is 2.12 bits per heavy atom. The van der Waals surface area contributed by atoms with Gasteiger partial charge < -0.3 is 15.2 Å². The van der Waals surface area contributed by atoms with Crippen molar-refractivity contribution in [3.8, 4) is 5.75 Å². The first-order valence-corrected chi connectivity index (χ1v) is 8.24. The van der Waals surface area contributed by atoms with Crippen LogP contribution in [0.3, 0.4) is 0 Å². The normalized spacial score (nSPS) is 13.9. The summed E-state index contributed by atoms with van der Waals surface area (Å²) in [6, 6.07) is 19.1. The number of rotatable bonds is 8. The van der Waals surface area contributed by atoms with Crippen LogP contribution in [-0.2, 0) is 16.0 Å². The van der Waals surface area contributed by atoms with Gasteiger partial charge in [0.1, 0.15) is 17.9 Å². The van der Waals surface area contributed by atoms with Gasteiger partial charge in [-0.25, -0.2) is 0 Å². The van der Waals surface area contributed by atoms with Gasteiger partial charge in [0, 0.05) is 5.92 Å². The molecule has 0 bridgehead atoms. The van der Waals surface area contributed by atoms with E-state index in [1.807, 2.05) is 55.5 Å². The first-order chi connectivity index (χ1) is 11.6. The van der Waals surface area contributed by atoms with E-state index in [-0.39, 0.29) is 30.4 Å². The van der Waals surface area contributed by atoms with Crippen molar-refractivity contribution in [2.75, 3.05) is 6.61 Å². The van der Waals surface area contributed by atoms with Gasteiger partial charge in [0.05, 0.1) is 6.61 Å². The van der Waals surface area contributed by atoms with Gasteiger partial charge in [0.15, 0.2) is 0 Å². The number of benzene rings is 2. The zero-order valence-corrected chi connectivity index (χ0v) is 15.4. The molecule has 0 aliphatic carbocycles. The number of ether oxygens (including phenoxy) is 2. The molecule has 5 heteroatoms. The summed E-state index contributed by atoms with van der Waals surface area (Å²) >= 11 is 0. The molecule has 0 heterocycles. The lowest BCUT2D eigenvalue weighted by Crippen LogP contribution is -2.36. The second-order valence-electron chi connectivity index (χ2n) is 6.00. The summed E-state index contributed by atoms with van der Waals surface area (Å²) in [5.74, 6) is 0.455. The molecule has 4 nitrogen and oxygen atoms in total. The van der Waals surface area contributed by atoms with Gasteiger partial charge in [0.25, 0.3) is 0 Å². The number of hydrogen-bond acceptors (Lipinski definition) is 4. The quantitative estimate of drug-likeness (QED) is 0.727. The third-order valence-electron chi connectivity index (χ3n) is 3.89. The maximum Gasteiger partial charge on any atom is 0.322 e. The molecule has 0 saturated carbocycles. The van der Waals surface area contributed by atoms with Gasteiger partial charge in [-0.15, -0.1) is 12.4 Å². The van der Waals surface area contributed by atoms with Crippen LogP contribution < -0.4 is 10.5 Å². The molecule has 2 aromatic carbocycles. The summed E-state index contributed by atoms with van der Waals surface area (Å²) in [5, 5.41) is 0. The Hall–Kier alpha value is -2.04. The fourth-order valence-electron chi connectivity index (χ4n) is 2.38. The molecule has 0 aromatic heterocycles. The molecule has 2 unspecified atom stereocenters. The van der Waals surface area contributed by atoms with Crippen molar-refractivity contribution >= 4 is 18.4 Å². The first kappa shape index (κ1) is 21.0. The van der Waals surface area contributed by atoms with E-state index in [0.717, 1.165) is 12.2 Å². The molecule has 0 radical (unpaired) electrons. The maximum absolute atomic E-state index is 11.8. The van der Waals surface area contributed by atoms with Crippen LogP contribution in [0.2, 0.25) is 0 Å². The Kier molecular flexibility index (Phi) is 9.03. The van der Waals surface area contributed by atoms with Gasteiger partial charge in [-0.3, -0.25) is 4.79 Å². The SMILES string of the molecule is CC(OC(=O)[C@H](C)N)C(COc1ccccc1)Cc1ccccc1.Cl. The minimum absolute atomic E-state index is 0. The lowest BCUT2D eigenvalue weighted by Gasteiger charge is -2.25. The summed E-state index contributed by atoms with van der Waals surface area (Å²) in [5.41, 5.74) is 6.78. The Morgan fingerprint density at radius 1 is 1.00 bits per heavy atom. The smallest absolute Gasteiger partial charge is 0.322 e. The van der Waals surface area contributed by atoms with E-state index in [9.17, 15) is 4.79 Å². The van der Waals surface area contributed by atoms with Gasteiger partial charge >= 0.3 is 5.97 Å². The van der Waals surface area contributed by atoms with E-state index in [1.165, 1.54) is 5.56 Å². The highest BCUT2D eigenvalue weighted by molar-refractivity contribution is 5.85. The lowest BCUT2D eigenvalue weighted by molar-refractivity contribution is -0.152. The van der Waals surface area contributed by atoms with Crippen molar-refractivity contribution < 1.29 is 14.3 Å². The summed E-state index contributed by atoms with van der Waals surface area (Å²) < 4.78 is 11.4. The predicted molar refractivity (Wildman–Crippen MR) is 102 cm³/mol. The molecule has 0 fully saturated rings. The average Bonchev–Trinajstić information content (AvgIpc) is 2.60. The summed E-state index contributed by atoms with van der Waals surface area (Å²) in [6.45, 7) is 3.98. The Balaban J connectivity index is 0.00000312. The van der Waals surface area contributed by atoms with Crippen molar-refractivity contribution in [1.29, 1.82) is 0 Å². The van der Waals surface area contributed by atoms with Gasteiger partial charge in [-0.05, 0) is 38.0 Å². The number of carbonyl (C=O) groups excluding carboxylic acids is 1. The highest BCUT2D eigenvalue weighted by Crippen LogP contribution is 2.18. The highest BCUT2D eigenvalue weighted by Gasteiger charge is 2.23. The summed E-state index contributed by atoms with van der Waals surface area (Å²) in [7, 11) is 0.